The minimum Gasteiger partial charge on any atom is -0.399 e. The van der Waals surface area contributed by atoms with Crippen LogP contribution in [0.25, 0.3) is 0 Å². The highest BCUT2D eigenvalue weighted by Gasteiger charge is 2.54. The fourth-order valence-corrected chi connectivity index (χ4v) is 4.00. The van der Waals surface area contributed by atoms with Gasteiger partial charge in [0.05, 0.1) is 28.3 Å². The van der Waals surface area contributed by atoms with Crippen molar-refractivity contribution in [1.82, 2.24) is 4.90 Å². The molecule has 27 heavy (non-hydrogen) atoms. The number of fused-ring (bicyclic) bond motifs is 1. The van der Waals surface area contributed by atoms with Crippen LogP contribution < -0.4 is 5.73 Å². The second-order valence-corrected chi connectivity index (χ2v) is 6.75. The summed E-state index contributed by atoms with van der Waals surface area (Å²) in [5, 5.41) is 40.4. The molecule has 1 heterocycles. The van der Waals surface area contributed by atoms with Gasteiger partial charge in [0.25, 0.3) is 5.69 Å². The van der Waals surface area contributed by atoms with E-state index in [0.717, 1.165) is 5.57 Å². The Morgan fingerprint density at radius 3 is 2.41 bits per heavy atom. The number of non-ortho nitro benzene ring substituents is 1. The van der Waals surface area contributed by atoms with Gasteiger partial charge < -0.3 is 10.6 Å². The number of nitriles is 3. The van der Waals surface area contributed by atoms with Crippen molar-refractivity contribution in [2.24, 2.45) is 17.1 Å². The minimum absolute atomic E-state index is 0.0506. The first-order valence-corrected chi connectivity index (χ1v) is 8.25. The predicted octanol–water partition coefficient (Wildman–Crippen LogP) is 1.95. The third-order valence-electron chi connectivity index (χ3n) is 5.31. The van der Waals surface area contributed by atoms with E-state index in [2.05, 4.69) is 6.07 Å². The lowest BCUT2D eigenvalue weighted by molar-refractivity contribution is -0.384. The maximum Gasteiger partial charge on any atom is 0.269 e. The van der Waals surface area contributed by atoms with Gasteiger partial charge in [-0.15, -0.1) is 0 Å². The fourth-order valence-electron chi connectivity index (χ4n) is 4.00. The molecule has 8 heteroatoms. The summed E-state index contributed by atoms with van der Waals surface area (Å²) in [6.45, 7) is 1.17. The van der Waals surface area contributed by atoms with Crippen molar-refractivity contribution in [2.45, 2.75) is 5.92 Å². The highest BCUT2D eigenvalue weighted by molar-refractivity contribution is 5.59. The summed E-state index contributed by atoms with van der Waals surface area (Å²) in [4.78, 5) is 12.5. The second-order valence-electron chi connectivity index (χ2n) is 6.75. The maximum atomic E-state index is 11.0. The van der Waals surface area contributed by atoms with E-state index in [1.807, 2.05) is 30.2 Å². The van der Waals surface area contributed by atoms with Gasteiger partial charge >= 0.3 is 0 Å². The number of nitro groups is 1. The van der Waals surface area contributed by atoms with Gasteiger partial charge in [-0.3, -0.25) is 10.1 Å². The Morgan fingerprint density at radius 2 is 1.89 bits per heavy atom. The van der Waals surface area contributed by atoms with Gasteiger partial charge in [0.15, 0.2) is 5.41 Å². The Balaban J connectivity index is 2.28. The van der Waals surface area contributed by atoms with E-state index in [-0.39, 0.29) is 22.9 Å². The number of benzene rings is 1. The molecular weight excluding hydrogens is 344 g/mol. The Morgan fingerprint density at radius 1 is 1.26 bits per heavy atom. The first kappa shape index (κ1) is 18.1. The topological polar surface area (TPSA) is 144 Å². The normalized spacial score (nSPS) is 24.0. The van der Waals surface area contributed by atoms with Crippen LogP contribution in [-0.2, 0) is 0 Å². The van der Waals surface area contributed by atoms with Gasteiger partial charge in [0.1, 0.15) is 6.07 Å². The minimum atomic E-state index is -1.72. The lowest BCUT2D eigenvalue weighted by Gasteiger charge is -2.45. The molecule has 0 spiro atoms. The summed E-state index contributed by atoms with van der Waals surface area (Å²) in [6.07, 6.45) is 1.90. The molecule has 1 aromatic rings. The second kappa shape index (κ2) is 6.57. The summed E-state index contributed by atoms with van der Waals surface area (Å²) < 4.78 is 0. The number of allylic oxidation sites excluding steroid dienone is 2. The zero-order valence-corrected chi connectivity index (χ0v) is 14.6. The van der Waals surface area contributed by atoms with E-state index in [1.54, 1.807) is 12.1 Å². The first-order chi connectivity index (χ1) is 12.9. The average Bonchev–Trinajstić information content (AvgIpc) is 2.67. The van der Waals surface area contributed by atoms with Crippen LogP contribution in [-0.4, -0.2) is 30.0 Å². The van der Waals surface area contributed by atoms with Gasteiger partial charge in [-0.25, -0.2) is 0 Å². The van der Waals surface area contributed by atoms with Gasteiger partial charge in [-0.05, 0) is 18.2 Å². The smallest absolute Gasteiger partial charge is 0.269 e. The van der Waals surface area contributed by atoms with E-state index >= 15 is 0 Å². The zero-order valence-electron chi connectivity index (χ0n) is 14.6. The number of nitrogens with two attached hydrogens (primary N) is 1. The molecule has 0 amide bonds. The average molecular weight is 360 g/mol. The zero-order chi connectivity index (χ0) is 19.8. The molecule has 3 rings (SSSR count). The van der Waals surface area contributed by atoms with Crippen molar-refractivity contribution in [3.63, 3.8) is 0 Å². The van der Waals surface area contributed by atoms with Gasteiger partial charge in [0, 0.05) is 37.1 Å². The monoisotopic (exact) mass is 360 g/mol. The molecule has 0 unspecified atom stereocenters. The molecule has 1 aromatic carbocycles. The maximum absolute atomic E-state index is 11.0. The first-order valence-electron chi connectivity index (χ1n) is 8.25. The van der Waals surface area contributed by atoms with Crippen LogP contribution in [0.2, 0.25) is 0 Å². The molecule has 0 radical (unpaired) electrons. The van der Waals surface area contributed by atoms with Crippen LogP contribution in [0.3, 0.4) is 0 Å². The lowest BCUT2D eigenvalue weighted by Crippen LogP contribution is -2.47. The van der Waals surface area contributed by atoms with Crippen LogP contribution in [0.4, 0.5) is 5.69 Å². The molecule has 2 N–H and O–H groups in total. The molecule has 134 valence electrons. The van der Waals surface area contributed by atoms with E-state index in [1.165, 1.54) is 12.1 Å². The molecule has 2 aliphatic rings. The van der Waals surface area contributed by atoms with Crippen molar-refractivity contribution in [2.75, 3.05) is 20.1 Å². The molecule has 0 bridgehead atoms. The molecule has 0 saturated heterocycles. The highest BCUT2D eigenvalue weighted by atomic mass is 16.6. The number of nitrogens with zero attached hydrogens (tertiary/aromatic N) is 5. The molecule has 8 nitrogen and oxygen atoms in total. The van der Waals surface area contributed by atoms with Crippen molar-refractivity contribution in [1.29, 1.82) is 15.8 Å². The van der Waals surface area contributed by atoms with Crippen LogP contribution >= 0.6 is 0 Å². The fraction of sp³-hybridized carbons (Fsp3) is 0.316. The van der Waals surface area contributed by atoms with Crippen molar-refractivity contribution >= 4 is 5.69 Å². The van der Waals surface area contributed by atoms with E-state index in [9.17, 15) is 25.9 Å². The van der Waals surface area contributed by atoms with Crippen molar-refractivity contribution in [3.8, 4) is 18.2 Å². The molecule has 0 fully saturated rings. The standard InChI is InChI=1S/C19H16N6O2/c1-24-7-6-14-15(8-20)18(23)19(10-21,11-22)17(16(14)9-24)12-2-4-13(5-3-12)25(26)27/h2-6,16-17H,7,9,23H2,1H3/t16-,17+/m0/s1. The van der Waals surface area contributed by atoms with Crippen molar-refractivity contribution in [3.05, 3.63) is 62.9 Å². The van der Waals surface area contributed by atoms with Crippen LogP contribution in [0.15, 0.2) is 47.2 Å². The lowest BCUT2D eigenvalue weighted by atomic mass is 9.58. The van der Waals surface area contributed by atoms with E-state index < -0.39 is 16.3 Å². The van der Waals surface area contributed by atoms with Gasteiger partial charge in [0.2, 0.25) is 0 Å². The van der Waals surface area contributed by atoms with Crippen molar-refractivity contribution < 1.29 is 4.92 Å². The molecule has 1 aliphatic heterocycles. The quantitative estimate of drug-likeness (QED) is 0.627. The SMILES string of the molecule is CN1CC=C2C(C#N)=C(N)C(C#N)(C#N)[C@H](c3ccc([N+](=O)[O-])cc3)[C@H]2C1. The number of rotatable bonds is 2. The van der Waals surface area contributed by atoms with Crippen LogP contribution in [0.1, 0.15) is 11.5 Å². The highest BCUT2D eigenvalue weighted by Crippen LogP contribution is 2.54. The third-order valence-corrected chi connectivity index (χ3v) is 5.31. The summed E-state index contributed by atoms with van der Waals surface area (Å²) in [5.41, 5.74) is 5.87. The number of hydrogen-bond donors (Lipinski definition) is 1. The van der Waals surface area contributed by atoms with Gasteiger partial charge in [-0.1, -0.05) is 18.2 Å². The molecule has 2 atom stereocenters. The molecule has 1 aliphatic carbocycles. The van der Waals surface area contributed by atoms with E-state index in [4.69, 9.17) is 5.73 Å². The summed E-state index contributed by atoms with van der Waals surface area (Å²) in [5.74, 6) is -0.939. The van der Waals surface area contributed by atoms with Gasteiger partial charge in [-0.2, -0.15) is 15.8 Å². The largest absolute Gasteiger partial charge is 0.399 e. The summed E-state index contributed by atoms with van der Waals surface area (Å²) in [6, 6.07) is 12.0. The Bertz CT molecular complexity index is 973. The molecular formula is C19H16N6O2. The third kappa shape index (κ3) is 2.62. The van der Waals surface area contributed by atoms with Crippen LogP contribution in [0, 0.1) is 55.4 Å². The number of nitro benzene ring substituents is 1. The van der Waals surface area contributed by atoms with Crippen LogP contribution in [0.5, 0.6) is 0 Å². The Labute approximate surface area is 156 Å². The molecule has 0 aromatic heterocycles. The Hall–Kier alpha value is -3.67. The number of likely N-dealkylation sites (N-methyl/N-ethyl adjacent to an activating group) is 1. The predicted molar refractivity (Wildman–Crippen MR) is 95.4 cm³/mol. The summed E-state index contributed by atoms with van der Waals surface area (Å²) in [7, 11) is 1.91. The van der Waals surface area contributed by atoms with E-state index in [0.29, 0.717) is 18.7 Å². The molecule has 0 saturated carbocycles. The number of hydrogen-bond acceptors (Lipinski definition) is 7. The summed E-state index contributed by atoms with van der Waals surface area (Å²) >= 11 is 0. The Kier molecular flexibility index (Phi) is 4.41.